The molecule has 114 valence electrons. The normalized spacial score (nSPS) is 12.9. The average Bonchev–Trinajstić information content (AvgIpc) is 2.41. The van der Waals surface area contributed by atoms with Crippen LogP contribution in [0.5, 0.6) is 0 Å². The second-order valence-electron chi connectivity index (χ2n) is 4.07. The molecule has 0 saturated carbocycles. The fourth-order valence-electron chi connectivity index (χ4n) is 1.14. The van der Waals surface area contributed by atoms with Crippen LogP contribution >= 0.6 is 0 Å². The topological polar surface area (TPSA) is 151 Å². The Morgan fingerprint density at radius 3 is 2.20 bits per heavy atom. The first-order chi connectivity index (χ1) is 9.31. The Hall–Kier alpha value is -2.16. The molecule has 0 aromatic rings. The molecule has 0 fully saturated rings. The van der Waals surface area contributed by atoms with Gasteiger partial charge in [-0.15, -0.1) is 0 Å². The monoisotopic (exact) mass is 288 g/mol. The van der Waals surface area contributed by atoms with Crippen LogP contribution in [0.3, 0.4) is 0 Å². The summed E-state index contributed by atoms with van der Waals surface area (Å²) in [4.78, 5) is 44.8. The highest BCUT2D eigenvalue weighted by atomic mass is 16.3. The van der Waals surface area contributed by atoms with Gasteiger partial charge >= 0.3 is 0 Å². The molecule has 2 unspecified atom stereocenters. The van der Waals surface area contributed by atoms with E-state index in [1.807, 2.05) is 0 Å². The molecule has 4 amide bonds. The molecule has 2 atom stereocenters. The molecule has 6 N–H and O–H groups in total. The predicted molar refractivity (Wildman–Crippen MR) is 69.1 cm³/mol. The van der Waals surface area contributed by atoms with E-state index >= 15 is 0 Å². The average molecular weight is 288 g/mol. The van der Waals surface area contributed by atoms with Gasteiger partial charge in [0.05, 0.1) is 13.2 Å². The Morgan fingerprint density at radius 1 is 1.15 bits per heavy atom. The van der Waals surface area contributed by atoms with E-state index in [4.69, 9.17) is 10.8 Å². The van der Waals surface area contributed by atoms with Crippen molar-refractivity contribution in [3.63, 3.8) is 0 Å². The largest absolute Gasteiger partial charge is 0.394 e. The molecule has 9 heteroatoms. The quantitative estimate of drug-likeness (QED) is 0.322. The Labute approximate surface area is 116 Å². The van der Waals surface area contributed by atoms with Gasteiger partial charge < -0.3 is 26.8 Å². The maximum Gasteiger partial charge on any atom is 0.245 e. The minimum atomic E-state index is -1.12. The van der Waals surface area contributed by atoms with Crippen molar-refractivity contribution in [1.82, 2.24) is 16.0 Å². The lowest BCUT2D eigenvalue weighted by atomic mass is 10.2. The van der Waals surface area contributed by atoms with Crippen molar-refractivity contribution >= 4 is 23.6 Å². The van der Waals surface area contributed by atoms with Crippen molar-refractivity contribution in [3.8, 4) is 0 Å². The Morgan fingerprint density at radius 2 is 1.75 bits per heavy atom. The number of primary amides is 1. The van der Waals surface area contributed by atoms with Gasteiger partial charge in [0.15, 0.2) is 0 Å². The van der Waals surface area contributed by atoms with Gasteiger partial charge in [-0.3, -0.25) is 19.2 Å². The zero-order valence-electron chi connectivity index (χ0n) is 11.4. The Kier molecular flexibility index (Phi) is 7.90. The zero-order valence-corrected chi connectivity index (χ0v) is 11.4. The van der Waals surface area contributed by atoms with Gasteiger partial charge in [0.2, 0.25) is 23.6 Å². The number of nitrogens with one attached hydrogen (secondary N) is 3. The number of carbonyl (C=O) groups is 4. The molecule has 0 radical (unpaired) electrons. The van der Waals surface area contributed by atoms with Crippen LogP contribution in [0.4, 0.5) is 0 Å². The second-order valence-corrected chi connectivity index (χ2v) is 4.07. The van der Waals surface area contributed by atoms with E-state index in [1.54, 1.807) is 6.92 Å². The van der Waals surface area contributed by atoms with Gasteiger partial charge in [-0.1, -0.05) is 6.92 Å². The van der Waals surface area contributed by atoms with Crippen LogP contribution < -0.4 is 21.7 Å². The molecular formula is C11H20N4O5. The number of hydrogen-bond donors (Lipinski definition) is 5. The third kappa shape index (κ3) is 6.69. The number of carbonyl (C=O) groups excluding carboxylic acids is 4. The summed E-state index contributed by atoms with van der Waals surface area (Å²) in [6, 6.07) is -1.98. The molecule has 0 heterocycles. The number of hydrogen-bond acceptors (Lipinski definition) is 5. The van der Waals surface area contributed by atoms with Crippen molar-refractivity contribution in [2.45, 2.75) is 32.4 Å². The summed E-state index contributed by atoms with van der Waals surface area (Å²) < 4.78 is 0. The third-order valence-electron chi connectivity index (χ3n) is 2.38. The van der Waals surface area contributed by atoms with E-state index in [9.17, 15) is 19.2 Å². The first kappa shape index (κ1) is 17.8. The summed E-state index contributed by atoms with van der Waals surface area (Å²) in [6.07, 6.45) is 0.167. The molecule has 20 heavy (non-hydrogen) atoms. The van der Waals surface area contributed by atoms with Gasteiger partial charge in [0, 0.05) is 6.42 Å². The lowest BCUT2D eigenvalue weighted by Gasteiger charge is -2.16. The standard InChI is InChI=1S/C11H20N4O5/c1-3-8(17)15-7(5-16)11(20)13-4-9(18)14-6(2)10(12)19/h6-7,16H,3-5H2,1-2H3,(H2,12,19)(H,13,20)(H,14,18)(H,15,17). The fourth-order valence-corrected chi connectivity index (χ4v) is 1.14. The molecule has 0 aromatic carbocycles. The van der Waals surface area contributed by atoms with Gasteiger partial charge in [0.25, 0.3) is 0 Å². The molecule has 0 rings (SSSR count). The van der Waals surface area contributed by atoms with Gasteiger partial charge in [-0.2, -0.15) is 0 Å². The maximum atomic E-state index is 11.6. The molecule has 9 nitrogen and oxygen atoms in total. The lowest BCUT2D eigenvalue weighted by molar-refractivity contribution is -0.131. The number of nitrogens with two attached hydrogens (primary N) is 1. The number of amides is 4. The van der Waals surface area contributed by atoms with E-state index in [0.29, 0.717) is 0 Å². The summed E-state index contributed by atoms with van der Waals surface area (Å²) >= 11 is 0. The smallest absolute Gasteiger partial charge is 0.245 e. The highest BCUT2D eigenvalue weighted by Gasteiger charge is 2.20. The van der Waals surface area contributed by atoms with Crippen LogP contribution in [-0.4, -0.2) is 54.0 Å². The predicted octanol–water partition coefficient (Wildman–Crippen LogP) is -3.02. The van der Waals surface area contributed by atoms with Gasteiger partial charge in [-0.25, -0.2) is 0 Å². The fraction of sp³-hybridized carbons (Fsp3) is 0.636. The zero-order chi connectivity index (χ0) is 15.7. The van der Waals surface area contributed by atoms with Crippen molar-refractivity contribution in [1.29, 1.82) is 0 Å². The molecule has 0 aliphatic rings. The van der Waals surface area contributed by atoms with E-state index in [-0.39, 0.29) is 6.42 Å². The highest BCUT2D eigenvalue weighted by Crippen LogP contribution is 1.86. The molecule has 0 aliphatic heterocycles. The van der Waals surface area contributed by atoms with Crippen molar-refractivity contribution in [2.75, 3.05) is 13.2 Å². The van der Waals surface area contributed by atoms with Crippen molar-refractivity contribution in [3.05, 3.63) is 0 Å². The highest BCUT2D eigenvalue weighted by molar-refractivity contribution is 5.92. The summed E-state index contributed by atoms with van der Waals surface area (Å²) in [7, 11) is 0. The minimum Gasteiger partial charge on any atom is -0.394 e. The SMILES string of the molecule is CCC(=O)NC(CO)C(=O)NCC(=O)NC(C)C(N)=O. The Balaban J connectivity index is 4.22. The van der Waals surface area contributed by atoms with E-state index < -0.39 is 48.9 Å². The molecule has 0 spiro atoms. The molecule has 0 saturated heterocycles. The number of aliphatic hydroxyl groups is 1. The van der Waals surface area contributed by atoms with Crippen LogP contribution in [0.2, 0.25) is 0 Å². The van der Waals surface area contributed by atoms with E-state index in [0.717, 1.165) is 0 Å². The van der Waals surface area contributed by atoms with Gasteiger partial charge in [-0.05, 0) is 6.92 Å². The van der Waals surface area contributed by atoms with Gasteiger partial charge in [0.1, 0.15) is 12.1 Å². The first-order valence-electron chi connectivity index (χ1n) is 6.08. The lowest BCUT2D eigenvalue weighted by Crippen LogP contribution is -2.52. The number of aliphatic hydroxyl groups excluding tert-OH is 1. The minimum absolute atomic E-state index is 0.167. The van der Waals surface area contributed by atoms with Crippen LogP contribution in [0.1, 0.15) is 20.3 Å². The van der Waals surface area contributed by atoms with Crippen molar-refractivity contribution in [2.24, 2.45) is 5.73 Å². The van der Waals surface area contributed by atoms with Crippen LogP contribution in [0.15, 0.2) is 0 Å². The molecule has 0 bridgehead atoms. The number of rotatable bonds is 8. The maximum absolute atomic E-state index is 11.6. The van der Waals surface area contributed by atoms with Crippen LogP contribution in [0, 0.1) is 0 Å². The third-order valence-corrected chi connectivity index (χ3v) is 2.38. The molecular weight excluding hydrogens is 268 g/mol. The first-order valence-corrected chi connectivity index (χ1v) is 6.08. The molecule has 0 aromatic heterocycles. The van der Waals surface area contributed by atoms with Crippen LogP contribution in [-0.2, 0) is 19.2 Å². The summed E-state index contributed by atoms with van der Waals surface area (Å²) in [5.74, 6) is -2.40. The van der Waals surface area contributed by atoms with Crippen LogP contribution in [0.25, 0.3) is 0 Å². The van der Waals surface area contributed by atoms with E-state index in [2.05, 4.69) is 16.0 Å². The molecule has 0 aliphatic carbocycles. The Bertz CT molecular complexity index is 385. The van der Waals surface area contributed by atoms with Crippen molar-refractivity contribution < 1.29 is 24.3 Å². The summed E-state index contributed by atoms with van der Waals surface area (Å²) in [6.45, 7) is 2.02. The van der Waals surface area contributed by atoms with E-state index in [1.165, 1.54) is 6.92 Å². The second kappa shape index (κ2) is 8.86. The summed E-state index contributed by atoms with van der Waals surface area (Å²) in [5.41, 5.74) is 4.96. The summed E-state index contributed by atoms with van der Waals surface area (Å²) in [5, 5.41) is 15.8.